The molecule has 115 heavy (non-hydrogen) atoms. The van der Waals surface area contributed by atoms with Crippen LogP contribution in [0.4, 0.5) is 22.7 Å². The van der Waals surface area contributed by atoms with Crippen molar-refractivity contribution in [1.29, 1.82) is 0 Å². The molecule has 2 saturated carbocycles. The molecule has 8 heterocycles. The van der Waals surface area contributed by atoms with Gasteiger partial charge in [0.2, 0.25) is 22.8 Å². The van der Waals surface area contributed by atoms with E-state index in [1.807, 2.05) is 0 Å². The van der Waals surface area contributed by atoms with Gasteiger partial charge < -0.3 is 39.2 Å². The molecule has 0 radical (unpaired) electrons. The van der Waals surface area contributed by atoms with Crippen LogP contribution in [-0.2, 0) is 28.2 Å². The SMILES string of the molecule is Cc1c(-c2cccc[n+]2C)cc(C2CCCC2)cc1N1C=CN(C2CCCCC2)[C@H]1C.Cc1c(N2C=CN(C)[C@H]2C)cc2ccccc2c1-c1cccc(C)[n+]1C.Cc1cc(-c2c3ccccc3cc[n+]2C)c(C)c(N2C=CN(C(C)C)[C@H]2C)c1C.Cc1cc(-c2cc3ccccc3c[n+]2C)c(C)c(N2C=CN(C(C)(C)C)[C@H]2C)c1. The van der Waals surface area contributed by atoms with Crippen molar-refractivity contribution in [1.82, 2.24) is 19.6 Å². The maximum absolute atomic E-state index is 2.63. The van der Waals surface area contributed by atoms with Gasteiger partial charge >= 0.3 is 0 Å². The lowest BCUT2D eigenvalue weighted by molar-refractivity contribution is -0.666. The van der Waals surface area contributed by atoms with Crippen LogP contribution in [-0.4, -0.2) is 68.9 Å². The minimum Gasteiger partial charge on any atom is -0.359 e. The molecule has 11 aromatic rings. The van der Waals surface area contributed by atoms with Crippen molar-refractivity contribution in [3.63, 3.8) is 0 Å². The van der Waals surface area contributed by atoms with E-state index in [0.29, 0.717) is 36.5 Å². The summed E-state index contributed by atoms with van der Waals surface area (Å²) >= 11 is 0. The Kier molecular flexibility index (Phi) is 23.6. The van der Waals surface area contributed by atoms with Crippen LogP contribution < -0.4 is 37.9 Å². The highest BCUT2D eigenvalue weighted by Gasteiger charge is 2.37. The molecule has 2 aliphatic carbocycles. The third kappa shape index (κ3) is 16.0. The fourth-order valence-electron chi connectivity index (χ4n) is 19.3. The van der Waals surface area contributed by atoms with Gasteiger partial charge in [-0.05, 0) is 269 Å². The highest BCUT2D eigenvalue weighted by molar-refractivity contribution is 6.01. The Morgan fingerprint density at radius 2 is 1.01 bits per heavy atom. The minimum atomic E-state index is 0.0933. The van der Waals surface area contributed by atoms with Gasteiger partial charge in [0.15, 0.2) is 24.3 Å². The maximum atomic E-state index is 2.63. The number of pyridine rings is 4. The smallest absolute Gasteiger partial charge is 0.220 e. The van der Waals surface area contributed by atoms with Gasteiger partial charge in [-0.15, -0.1) is 0 Å². The lowest BCUT2D eigenvalue weighted by Gasteiger charge is -2.39. The van der Waals surface area contributed by atoms with Crippen LogP contribution in [0.25, 0.3) is 77.3 Å². The summed E-state index contributed by atoms with van der Waals surface area (Å²) in [6, 6.07) is 59.0. The number of anilines is 4. The van der Waals surface area contributed by atoms with Crippen LogP contribution in [0.5, 0.6) is 0 Å². The van der Waals surface area contributed by atoms with E-state index in [-0.39, 0.29) is 11.7 Å². The van der Waals surface area contributed by atoms with Gasteiger partial charge in [-0.2, -0.15) is 4.57 Å². The lowest BCUT2D eigenvalue weighted by Crippen LogP contribution is -2.46. The first-order valence-corrected chi connectivity index (χ1v) is 42.6. The highest BCUT2D eigenvalue weighted by atomic mass is 15.4. The van der Waals surface area contributed by atoms with E-state index in [9.17, 15) is 0 Å². The second-order valence-corrected chi connectivity index (χ2v) is 35.0. The minimum absolute atomic E-state index is 0.0933. The van der Waals surface area contributed by atoms with Crippen LogP contribution >= 0.6 is 0 Å². The zero-order chi connectivity index (χ0) is 81.6. The monoisotopic (exact) mass is 1530 g/mol. The van der Waals surface area contributed by atoms with Gasteiger partial charge in [-0.3, -0.25) is 0 Å². The van der Waals surface area contributed by atoms with Crippen LogP contribution in [0.3, 0.4) is 0 Å². The topological polar surface area (TPSA) is 41.4 Å². The van der Waals surface area contributed by atoms with Crippen LogP contribution in [0.15, 0.2) is 226 Å². The first kappa shape index (κ1) is 80.9. The van der Waals surface area contributed by atoms with Crippen LogP contribution in [0.2, 0.25) is 0 Å². The summed E-state index contributed by atoms with van der Waals surface area (Å²) < 4.78 is 9.06. The molecule has 17 rings (SSSR count). The molecule has 0 amide bonds. The number of aryl methyl sites for hydroxylation is 6. The zero-order valence-electron chi connectivity index (χ0n) is 73.1. The van der Waals surface area contributed by atoms with E-state index in [0.717, 1.165) is 0 Å². The number of benzene rings is 7. The van der Waals surface area contributed by atoms with Crippen molar-refractivity contribution in [3.8, 4) is 45.0 Å². The maximum Gasteiger partial charge on any atom is 0.220 e. The average molecular weight is 1530 g/mol. The van der Waals surface area contributed by atoms with Crippen molar-refractivity contribution in [2.24, 2.45) is 28.2 Å². The van der Waals surface area contributed by atoms with Crippen molar-refractivity contribution in [2.45, 2.75) is 224 Å². The van der Waals surface area contributed by atoms with E-state index in [2.05, 4.69) is 436 Å². The normalized spacial score (nSPS) is 18.3. The number of rotatable bonds is 11. The quantitative estimate of drug-likeness (QED) is 0.119. The Bertz CT molecular complexity index is 5550. The zero-order valence-corrected chi connectivity index (χ0v) is 73.1. The van der Waals surface area contributed by atoms with E-state index >= 15 is 0 Å². The highest BCUT2D eigenvalue weighted by Crippen LogP contribution is 2.46. The second kappa shape index (κ2) is 33.6. The Hall–Kier alpha value is -10.7. The molecule has 4 atom stereocenters. The Labute approximate surface area is 688 Å². The summed E-state index contributed by atoms with van der Waals surface area (Å²) in [4.78, 5) is 19.4. The van der Waals surface area contributed by atoms with E-state index in [1.165, 1.54) is 208 Å². The predicted octanol–water partition coefficient (Wildman–Crippen LogP) is 22.2. The fraction of sp³-hybridized carbons (Fsp3) is 0.379. The fourth-order valence-corrected chi connectivity index (χ4v) is 19.3. The largest absolute Gasteiger partial charge is 0.359 e. The number of hydrogen-bond acceptors (Lipinski definition) is 8. The van der Waals surface area contributed by atoms with Gasteiger partial charge in [0, 0.05) is 146 Å². The Balaban J connectivity index is 0.000000127. The van der Waals surface area contributed by atoms with Gasteiger partial charge in [0.25, 0.3) is 0 Å². The van der Waals surface area contributed by atoms with Gasteiger partial charge in [0.05, 0.1) is 27.6 Å². The third-order valence-corrected chi connectivity index (χ3v) is 26.3. The molecule has 4 aromatic heterocycles. The molecule has 7 aromatic carbocycles. The van der Waals surface area contributed by atoms with Crippen molar-refractivity contribution < 1.29 is 18.3 Å². The van der Waals surface area contributed by atoms with Crippen molar-refractivity contribution in [3.05, 3.63) is 276 Å². The summed E-state index contributed by atoms with van der Waals surface area (Å²) in [5.74, 6) is 0.712. The van der Waals surface area contributed by atoms with Gasteiger partial charge in [-0.25, -0.2) is 13.7 Å². The molecule has 0 N–H and O–H groups in total. The summed E-state index contributed by atoms with van der Waals surface area (Å²) in [6.45, 7) is 38.4. The summed E-state index contributed by atoms with van der Waals surface area (Å²) in [5.41, 5.74) is 27.9. The van der Waals surface area contributed by atoms with Gasteiger partial charge in [-0.1, -0.05) is 92.8 Å². The third-order valence-electron chi connectivity index (χ3n) is 26.3. The Morgan fingerprint density at radius 3 is 1.68 bits per heavy atom. The Morgan fingerprint density at radius 1 is 0.417 bits per heavy atom. The molecule has 0 bridgehead atoms. The van der Waals surface area contributed by atoms with Crippen LogP contribution in [0, 0.1) is 55.4 Å². The number of fused-ring (bicyclic) bond motifs is 3. The molecule has 596 valence electrons. The summed E-state index contributed by atoms with van der Waals surface area (Å²) in [7, 11) is 10.7. The standard InChI is InChI=1S/C28H38N3.2C26H32N3.C23H26N3/c1-21-26(27-15-9-10-16-29(27)3)19-24(23-11-7-8-12-23)20-28(21)31-18-17-30(22(31)2)25-13-5-4-6-14-25;1-18-14-23(25-16-21-10-8-9-11-22(21)17-27(25)7)19(2)24(15-18)28-12-13-29(20(28)3)26(4,5)6;1-17(2)28-14-15-29(21(28)6)25-19(4)18(3)16-24(20(25)5)26-23-11-9-8-10-22(23)12-13-27(26)7;1-16-9-8-12-21(25(16)5)23-17(2)22(26-14-13-24(4)18(26)3)15-19-10-6-7-11-20(19)23/h9-10,15-20,22-23,25H,4-8,11-14H2,1-3H3;8-17,20H,1-7H3;8-17,21H,1-7H3;6-15,18H,1-5H3/q4*+1/t22-;20-;21-;18-/m1011/s1. The first-order valence-electron chi connectivity index (χ1n) is 42.6. The summed E-state index contributed by atoms with van der Waals surface area (Å²) in [6.07, 6.45) is 38.1. The predicted molar refractivity (Wildman–Crippen MR) is 483 cm³/mol. The first-order chi connectivity index (χ1) is 55.1. The lowest BCUT2D eigenvalue weighted by atomic mass is 9.91. The second-order valence-electron chi connectivity index (χ2n) is 35.0. The molecule has 0 unspecified atom stereocenters. The van der Waals surface area contributed by atoms with Crippen LogP contribution in [0.1, 0.15) is 176 Å². The molecule has 4 aliphatic heterocycles. The molecule has 0 spiro atoms. The van der Waals surface area contributed by atoms with E-state index < -0.39 is 0 Å². The molecule has 6 aliphatic rings. The number of nitrogens with zero attached hydrogens (tertiary/aromatic N) is 12. The number of aromatic nitrogens is 4. The number of hydrogen-bond donors (Lipinski definition) is 0. The molecular weight excluding hydrogens is 1410 g/mol. The summed E-state index contributed by atoms with van der Waals surface area (Å²) in [5, 5.41) is 7.69. The average Bonchev–Trinajstić information content (AvgIpc) is 1.67. The van der Waals surface area contributed by atoms with Crippen molar-refractivity contribution in [2.75, 3.05) is 26.6 Å². The van der Waals surface area contributed by atoms with E-state index in [4.69, 9.17) is 0 Å². The molecule has 0 saturated heterocycles. The molecular formula is C103H128N12+4. The molecule has 12 nitrogen and oxygen atoms in total. The van der Waals surface area contributed by atoms with E-state index in [1.54, 1.807) is 0 Å². The molecule has 2 fully saturated rings. The van der Waals surface area contributed by atoms with Gasteiger partial charge in [0.1, 0.15) is 52.9 Å². The van der Waals surface area contributed by atoms with Crippen molar-refractivity contribution >= 4 is 55.1 Å². The molecule has 12 heteroatoms.